The molecule has 0 aliphatic carbocycles. The van der Waals surface area contributed by atoms with Gasteiger partial charge in [0, 0.05) is 0 Å². The molecular formula is C30H39GeN. The van der Waals surface area contributed by atoms with Crippen LogP contribution in [-0.2, 0) is 0 Å². The minimum absolute atomic E-state index is 0.465. The fourth-order valence-corrected chi connectivity index (χ4v) is 6.38. The van der Waals surface area contributed by atoms with E-state index in [9.17, 15) is 0 Å². The van der Waals surface area contributed by atoms with E-state index in [1.165, 1.54) is 48.9 Å². The van der Waals surface area contributed by atoms with E-state index in [4.69, 9.17) is 4.69 Å². The van der Waals surface area contributed by atoms with Crippen LogP contribution in [0.1, 0.15) is 101 Å². The summed E-state index contributed by atoms with van der Waals surface area (Å²) in [6.45, 7) is 18.4. The molecule has 3 rings (SSSR count). The van der Waals surface area contributed by atoms with E-state index >= 15 is 0 Å². The summed E-state index contributed by atoms with van der Waals surface area (Å²) in [6.07, 6.45) is 0. The molecule has 32 heavy (non-hydrogen) atoms. The average Bonchev–Trinajstić information content (AvgIpc) is 2.77. The van der Waals surface area contributed by atoms with Crippen molar-refractivity contribution in [3.63, 3.8) is 0 Å². The third-order valence-electron chi connectivity index (χ3n) is 6.49. The molecule has 0 aromatic heterocycles. The van der Waals surface area contributed by atoms with E-state index in [1.54, 1.807) is 0 Å². The Morgan fingerprint density at radius 1 is 0.500 bits per heavy atom. The molecule has 0 aliphatic rings. The molecule has 0 aliphatic heterocycles. The van der Waals surface area contributed by atoms with Gasteiger partial charge in [-0.05, 0) is 0 Å². The Bertz CT molecular complexity index is 942. The molecule has 0 unspecified atom stereocenters. The second-order valence-corrected chi connectivity index (χ2v) is 11.8. The zero-order chi connectivity index (χ0) is 23.6. The van der Waals surface area contributed by atoms with Crippen molar-refractivity contribution in [2.24, 2.45) is 4.69 Å². The first-order valence-corrected chi connectivity index (χ1v) is 14.3. The Morgan fingerprint density at radius 3 is 1.03 bits per heavy atom. The van der Waals surface area contributed by atoms with Crippen molar-refractivity contribution < 1.29 is 0 Å². The molecule has 0 atom stereocenters. The van der Waals surface area contributed by atoms with Crippen LogP contribution >= 0.6 is 0 Å². The Labute approximate surface area is 202 Å². The van der Waals surface area contributed by atoms with Gasteiger partial charge < -0.3 is 0 Å². The molecule has 168 valence electrons. The van der Waals surface area contributed by atoms with E-state index in [0.717, 1.165) is 0 Å². The van der Waals surface area contributed by atoms with Gasteiger partial charge in [-0.15, -0.1) is 0 Å². The molecule has 3 aromatic carbocycles. The normalized spacial score (nSPS) is 11.9. The SMILES string of the molecule is CC(C)c1cccc(C(C)C)c1-c1cccc(-c2c(C(C)C)cccc2C(C)C)[c]1[Ge][NH2]. The maximum absolute atomic E-state index is 6.66. The van der Waals surface area contributed by atoms with E-state index in [2.05, 4.69) is 110 Å². The van der Waals surface area contributed by atoms with Crippen LogP contribution in [0.2, 0.25) is 0 Å². The van der Waals surface area contributed by atoms with Gasteiger partial charge >= 0.3 is 203 Å². The molecule has 2 heteroatoms. The topological polar surface area (TPSA) is 26.0 Å². The van der Waals surface area contributed by atoms with Gasteiger partial charge in [0.25, 0.3) is 0 Å². The third-order valence-corrected chi connectivity index (χ3v) is 8.23. The van der Waals surface area contributed by atoms with Crippen LogP contribution in [0.25, 0.3) is 22.3 Å². The number of hydrogen-bond acceptors (Lipinski definition) is 1. The predicted molar refractivity (Wildman–Crippen MR) is 143 cm³/mol. The van der Waals surface area contributed by atoms with Gasteiger partial charge in [0.2, 0.25) is 0 Å². The fourth-order valence-electron chi connectivity index (χ4n) is 4.85. The van der Waals surface area contributed by atoms with Crippen molar-refractivity contribution in [1.82, 2.24) is 0 Å². The van der Waals surface area contributed by atoms with Crippen LogP contribution in [0.15, 0.2) is 54.6 Å². The molecule has 2 radical (unpaired) electrons. The second-order valence-electron chi connectivity index (χ2n) is 10.1. The van der Waals surface area contributed by atoms with Crippen LogP contribution in [0.4, 0.5) is 0 Å². The predicted octanol–water partition coefficient (Wildman–Crippen LogP) is 7.72. The number of nitrogens with two attached hydrogens (primary N) is 1. The zero-order valence-corrected chi connectivity index (χ0v) is 23.2. The molecule has 0 fully saturated rings. The van der Waals surface area contributed by atoms with Crippen LogP contribution in [-0.4, -0.2) is 15.7 Å². The summed E-state index contributed by atoms with van der Waals surface area (Å²) in [5, 5.41) is 0. The van der Waals surface area contributed by atoms with Crippen molar-refractivity contribution >= 4 is 20.0 Å². The van der Waals surface area contributed by atoms with Crippen molar-refractivity contribution in [2.45, 2.75) is 79.1 Å². The summed E-state index contributed by atoms with van der Waals surface area (Å²) in [5.74, 6) is 1.86. The standard InChI is InChI=1S/C30H39GeN/c1-18(2)22-12-9-13-23(19(3)4)28(22)26-16-11-17-27(30(26)31-32)29-24(20(5)6)14-10-15-25(29)21(7)8/h9-21H,32H2,1-8H3. The van der Waals surface area contributed by atoms with Crippen LogP contribution in [0.5, 0.6) is 0 Å². The quantitative estimate of drug-likeness (QED) is 0.340. The van der Waals surface area contributed by atoms with E-state index in [-0.39, 0.29) is 0 Å². The summed E-state index contributed by atoms with van der Waals surface area (Å²) in [5.41, 5.74) is 11.2. The van der Waals surface area contributed by atoms with Crippen molar-refractivity contribution in [3.8, 4) is 22.3 Å². The maximum atomic E-state index is 6.66. The number of hydrogen-bond donors (Lipinski definition) is 1. The van der Waals surface area contributed by atoms with Gasteiger partial charge in [-0.1, -0.05) is 0 Å². The summed E-state index contributed by atoms with van der Waals surface area (Å²) in [4.78, 5) is 0. The van der Waals surface area contributed by atoms with Crippen molar-refractivity contribution in [1.29, 1.82) is 0 Å². The molecular weight excluding hydrogens is 447 g/mol. The minimum atomic E-state index is -0.772. The summed E-state index contributed by atoms with van der Waals surface area (Å²) in [6, 6.07) is 20.5. The van der Waals surface area contributed by atoms with Gasteiger partial charge in [-0.3, -0.25) is 0 Å². The molecule has 0 amide bonds. The molecule has 3 aromatic rings. The Kier molecular flexibility index (Phi) is 8.06. The number of benzene rings is 3. The molecule has 0 spiro atoms. The number of rotatable bonds is 7. The van der Waals surface area contributed by atoms with Gasteiger partial charge in [0.1, 0.15) is 0 Å². The molecule has 2 N–H and O–H groups in total. The van der Waals surface area contributed by atoms with Gasteiger partial charge in [0.15, 0.2) is 0 Å². The van der Waals surface area contributed by atoms with Crippen LogP contribution in [0.3, 0.4) is 0 Å². The fraction of sp³-hybridized carbons (Fsp3) is 0.400. The zero-order valence-electron chi connectivity index (χ0n) is 21.1. The van der Waals surface area contributed by atoms with Crippen molar-refractivity contribution in [3.05, 3.63) is 76.9 Å². The Balaban J connectivity index is 2.43. The monoisotopic (exact) mass is 487 g/mol. The van der Waals surface area contributed by atoms with Gasteiger partial charge in [-0.25, -0.2) is 0 Å². The Morgan fingerprint density at radius 2 is 0.781 bits per heavy atom. The van der Waals surface area contributed by atoms with E-state index < -0.39 is 15.7 Å². The molecule has 0 saturated heterocycles. The van der Waals surface area contributed by atoms with E-state index in [0.29, 0.717) is 23.7 Å². The van der Waals surface area contributed by atoms with Crippen LogP contribution in [0, 0.1) is 0 Å². The first kappa shape index (κ1) is 24.8. The average molecular weight is 486 g/mol. The van der Waals surface area contributed by atoms with Gasteiger partial charge in [-0.2, -0.15) is 0 Å². The molecule has 1 nitrogen and oxygen atoms in total. The van der Waals surface area contributed by atoms with Gasteiger partial charge in [0.05, 0.1) is 0 Å². The molecule has 0 heterocycles. The second kappa shape index (κ2) is 10.4. The van der Waals surface area contributed by atoms with Crippen molar-refractivity contribution in [2.75, 3.05) is 0 Å². The van der Waals surface area contributed by atoms with Crippen LogP contribution < -0.4 is 9.09 Å². The summed E-state index contributed by atoms with van der Waals surface area (Å²) < 4.78 is 8.04. The molecule has 0 saturated carbocycles. The summed E-state index contributed by atoms with van der Waals surface area (Å²) >= 11 is -0.772. The van der Waals surface area contributed by atoms with E-state index in [1.807, 2.05) is 0 Å². The summed E-state index contributed by atoms with van der Waals surface area (Å²) in [7, 11) is 0. The first-order valence-electron chi connectivity index (χ1n) is 12.0. The molecule has 0 bridgehead atoms. The first-order chi connectivity index (χ1) is 15.2. The third kappa shape index (κ3) is 4.75. The Hall–Kier alpha value is -1.84.